The predicted molar refractivity (Wildman–Crippen MR) is 127 cm³/mol. The number of rotatable bonds is 9. The molecule has 3 aromatic rings. The number of benzene rings is 1. The van der Waals surface area contributed by atoms with Crippen molar-refractivity contribution in [2.24, 2.45) is 7.05 Å². The van der Waals surface area contributed by atoms with Crippen molar-refractivity contribution >= 4 is 17.6 Å². The summed E-state index contributed by atoms with van der Waals surface area (Å²) in [6.07, 6.45) is 4.11. The van der Waals surface area contributed by atoms with Crippen LogP contribution in [-0.4, -0.2) is 39.3 Å². The fourth-order valence-electron chi connectivity index (χ4n) is 3.95. The molecule has 1 N–H and O–H groups in total. The summed E-state index contributed by atoms with van der Waals surface area (Å²) in [6.45, 7) is 4.61. The van der Waals surface area contributed by atoms with Crippen LogP contribution in [-0.2, 0) is 29.7 Å². The van der Waals surface area contributed by atoms with Gasteiger partial charge in [0.15, 0.2) is 0 Å². The SMILES string of the molecule is CCCOc1ccc(CNC(=O)CCC(=O)N2CCCn3nc(-c4cccn4C)cc32)cc1. The zero-order valence-electron chi connectivity index (χ0n) is 19.3. The van der Waals surface area contributed by atoms with Crippen molar-refractivity contribution in [3.63, 3.8) is 0 Å². The number of amides is 2. The molecule has 0 aliphatic carbocycles. The third-order valence-electron chi connectivity index (χ3n) is 5.75. The van der Waals surface area contributed by atoms with Crippen LogP contribution < -0.4 is 15.0 Å². The first-order valence-electron chi connectivity index (χ1n) is 11.5. The number of anilines is 1. The smallest absolute Gasteiger partial charge is 0.228 e. The van der Waals surface area contributed by atoms with Crippen LogP contribution in [0.5, 0.6) is 5.75 Å². The number of hydrogen-bond donors (Lipinski definition) is 1. The van der Waals surface area contributed by atoms with Crippen LogP contribution in [0.25, 0.3) is 11.4 Å². The van der Waals surface area contributed by atoms with Gasteiger partial charge in [0.05, 0.1) is 12.3 Å². The lowest BCUT2D eigenvalue weighted by Gasteiger charge is -2.27. The summed E-state index contributed by atoms with van der Waals surface area (Å²) in [5, 5.41) is 7.58. The minimum atomic E-state index is -0.135. The number of nitrogens with one attached hydrogen (secondary N) is 1. The van der Waals surface area contributed by atoms with Gasteiger partial charge in [0, 0.05) is 51.8 Å². The van der Waals surface area contributed by atoms with Crippen LogP contribution in [0.15, 0.2) is 48.7 Å². The maximum atomic E-state index is 12.9. The van der Waals surface area contributed by atoms with Gasteiger partial charge in [-0.15, -0.1) is 0 Å². The van der Waals surface area contributed by atoms with Crippen LogP contribution in [0.1, 0.15) is 38.2 Å². The summed E-state index contributed by atoms with van der Waals surface area (Å²) in [7, 11) is 1.98. The second kappa shape index (κ2) is 10.4. The number of carbonyl (C=O) groups excluding carboxylic acids is 2. The highest BCUT2D eigenvalue weighted by atomic mass is 16.5. The monoisotopic (exact) mass is 449 g/mol. The van der Waals surface area contributed by atoms with Crippen molar-refractivity contribution in [2.45, 2.75) is 45.7 Å². The van der Waals surface area contributed by atoms with Crippen molar-refractivity contribution in [3.05, 3.63) is 54.2 Å². The van der Waals surface area contributed by atoms with Crippen LogP contribution in [0.2, 0.25) is 0 Å². The second-order valence-corrected chi connectivity index (χ2v) is 8.28. The van der Waals surface area contributed by atoms with E-state index in [0.717, 1.165) is 47.9 Å². The van der Waals surface area contributed by atoms with Gasteiger partial charge in [0.25, 0.3) is 0 Å². The molecule has 0 atom stereocenters. The number of nitrogens with zero attached hydrogens (tertiary/aromatic N) is 4. The van der Waals surface area contributed by atoms with Gasteiger partial charge in [-0.1, -0.05) is 19.1 Å². The molecule has 3 heterocycles. The normalized spacial score (nSPS) is 13.0. The van der Waals surface area contributed by atoms with Gasteiger partial charge in [-0.2, -0.15) is 5.10 Å². The van der Waals surface area contributed by atoms with Gasteiger partial charge in [0.1, 0.15) is 17.3 Å². The van der Waals surface area contributed by atoms with Crippen LogP contribution in [0.3, 0.4) is 0 Å². The van der Waals surface area contributed by atoms with E-state index in [9.17, 15) is 9.59 Å². The van der Waals surface area contributed by atoms with Gasteiger partial charge in [-0.3, -0.25) is 14.5 Å². The van der Waals surface area contributed by atoms with Gasteiger partial charge in [-0.05, 0) is 42.7 Å². The third-order valence-corrected chi connectivity index (χ3v) is 5.75. The van der Waals surface area contributed by atoms with Crippen LogP contribution in [0.4, 0.5) is 5.82 Å². The Morgan fingerprint density at radius 2 is 1.94 bits per heavy atom. The van der Waals surface area contributed by atoms with Gasteiger partial charge in [-0.25, -0.2) is 4.68 Å². The molecule has 0 saturated carbocycles. The van der Waals surface area contributed by atoms with Gasteiger partial charge in [0.2, 0.25) is 11.8 Å². The van der Waals surface area contributed by atoms with E-state index in [1.54, 1.807) is 4.90 Å². The number of fused-ring (bicyclic) bond motifs is 1. The van der Waals surface area contributed by atoms with Crippen LogP contribution in [0, 0.1) is 0 Å². The lowest BCUT2D eigenvalue weighted by Crippen LogP contribution is -2.38. The highest BCUT2D eigenvalue weighted by Crippen LogP contribution is 2.28. The van der Waals surface area contributed by atoms with E-state index >= 15 is 0 Å². The standard InChI is InChI=1S/C25H31N5O3/c1-3-16-33-20-9-7-19(8-10-20)18-26-23(31)11-12-25(32)29-14-5-15-30-24(29)17-21(27-30)22-6-4-13-28(22)2/h4,6-10,13,17H,3,5,11-12,14-16,18H2,1-2H3,(H,26,31). The molecule has 0 fully saturated rings. The Hall–Kier alpha value is -3.55. The number of ether oxygens (including phenoxy) is 1. The molecule has 0 unspecified atom stereocenters. The van der Waals surface area contributed by atoms with E-state index in [4.69, 9.17) is 4.74 Å². The molecular formula is C25H31N5O3. The van der Waals surface area contributed by atoms with E-state index in [0.29, 0.717) is 19.7 Å². The van der Waals surface area contributed by atoms with Crippen molar-refractivity contribution in [2.75, 3.05) is 18.1 Å². The summed E-state index contributed by atoms with van der Waals surface area (Å²) >= 11 is 0. The Bertz CT molecular complexity index is 1100. The summed E-state index contributed by atoms with van der Waals surface area (Å²) in [6, 6.07) is 13.6. The molecule has 174 valence electrons. The van der Waals surface area contributed by atoms with Crippen molar-refractivity contribution in [3.8, 4) is 17.1 Å². The van der Waals surface area contributed by atoms with E-state index in [-0.39, 0.29) is 24.7 Å². The highest BCUT2D eigenvalue weighted by Gasteiger charge is 2.25. The fourth-order valence-corrected chi connectivity index (χ4v) is 3.95. The molecule has 1 aliphatic heterocycles. The van der Waals surface area contributed by atoms with E-state index in [2.05, 4.69) is 17.3 Å². The molecule has 1 aliphatic rings. The van der Waals surface area contributed by atoms with Crippen molar-refractivity contribution in [1.82, 2.24) is 19.7 Å². The van der Waals surface area contributed by atoms with Crippen molar-refractivity contribution < 1.29 is 14.3 Å². The first kappa shape index (κ1) is 22.6. The highest BCUT2D eigenvalue weighted by molar-refractivity contribution is 5.95. The molecule has 1 aromatic carbocycles. The van der Waals surface area contributed by atoms with Crippen molar-refractivity contribution in [1.29, 1.82) is 0 Å². The molecule has 0 bridgehead atoms. The molecule has 4 rings (SSSR count). The number of hydrogen-bond acceptors (Lipinski definition) is 4. The number of carbonyl (C=O) groups is 2. The Morgan fingerprint density at radius 3 is 2.67 bits per heavy atom. The average Bonchev–Trinajstić information content (AvgIpc) is 3.46. The Morgan fingerprint density at radius 1 is 1.12 bits per heavy atom. The second-order valence-electron chi connectivity index (χ2n) is 8.28. The minimum Gasteiger partial charge on any atom is -0.494 e. The summed E-state index contributed by atoms with van der Waals surface area (Å²) in [5.74, 6) is 1.44. The van der Waals surface area contributed by atoms with E-state index < -0.39 is 0 Å². The molecular weight excluding hydrogens is 418 g/mol. The average molecular weight is 450 g/mol. The largest absolute Gasteiger partial charge is 0.494 e. The molecule has 33 heavy (non-hydrogen) atoms. The molecule has 0 radical (unpaired) electrons. The summed E-state index contributed by atoms with van der Waals surface area (Å²) < 4.78 is 9.47. The summed E-state index contributed by atoms with van der Waals surface area (Å²) in [5.41, 5.74) is 2.85. The minimum absolute atomic E-state index is 0.0538. The van der Waals surface area contributed by atoms with E-state index in [1.165, 1.54) is 0 Å². The van der Waals surface area contributed by atoms with E-state index in [1.807, 2.05) is 65.0 Å². The quantitative estimate of drug-likeness (QED) is 0.542. The Balaban J connectivity index is 1.29. The fraction of sp³-hybridized carbons (Fsp3) is 0.400. The summed E-state index contributed by atoms with van der Waals surface area (Å²) in [4.78, 5) is 27.0. The molecule has 2 amide bonds. The maximum absolute atomic E-state index is 12.9. The van der Waals surface area contributed by atoms with Gasteiger partial charge >= 0.3 is 0 Å². The number of aryl methyl sites for hydroxylation is 2. The van der Waals surface area contributed by atoms with Gasteiger partial charge < -0.3 is 14.6 Å². The molecule has 8 nitrogen and oxygen atoms in total. The Labute approximate surface area is 194 Å². The zero-order chi connectivity index (χ0) is 23.2. The predicted octanol–water partition coefficient (Wildman–Crippen LogP) is 3.51. The third kappa shape index (κ3) is 5.45. The Kier molecular flexibility index (Phi) is 7.12. The van der Waals surface area contributed by atoms with Crippen LogP contribution >= 0.6 is 0 Å². The molecule has 0 spiro atoms. The molecule has 0 saturated heterocycles. The maximum Gasteiger partial charge on any atom is 0.228 e. The molecule has 2 aromatic heterocycles. The first-order valence-corrected chi connectivity index (χ1v) is 11.5. The number of aromatic nitrogens is 3. The molecule has 8 heteroatoms. The lowest BCUT2D eigenvalue weighted by molar-refractivity contribution is -0.125. The zero-order valence-corrected chi connectivity index (χ0v) is 19.3. The lowest BCUT2D eigenvalue weighted by atomic mass is 10.2. The first-order chi connectivity index (χ1) is 16.0. The topological polar surface area (TPSA) is 81.4 Å².